The Hall–Kier alpha value is -2.31. The molecule has 0 bridgehead atoms. The van der Waals surface area contributed by atoms with Crippen LogP contribution in [0.1, 0.15) is 54.3 Å². The molecule has 1 aliphatic carbocycles. The van der Waals surface area contributed by atoms with Crippen molar-refractivity contribution in [1.82, 2.24) is 19.6 Å². The average molecular weight is 315 g/mol. The summed E-state index contributed by atoms with van der Waals surface area (Å²) in [4.78, 5) is 12.5. The van der Waals surface area contributed by atoms with E-state index < -0.39 is 0 Å². The zero-order valence-corrected chi connectivity index (χ0v) is 13.3. The minimum Gasteiger partial charge on any atom is -0.478 e. The maximum Gasteiger partial charge on any atom is 0.277 e. The lowest BCUT2D eigenvalue weighted by Gasteiger charge is -2.14. The van der Waals surface area contributed by atoms with Crippen LogP contribution < -0.4 is 10.1 Å². The average Bonchev–Trinajstić information content (AvgIpc) is 3.25. The number of nitrogens with one attached hydrogen (secondary N) is 1. The number of carbonyl (C=O) groups excluding carboxylic acids is 1. The van der Waals surface area contributed by atoms with Crippen molar-refractivity contribution in [3.05, 3.63) is 23.5 Å². The standard InChI is InChI=1S/C16H21N5O2/c1-11-9-14(21(18-11)12-5-2-3-6-12)17-16(22)13-10-15-20(19-13)7-4-8-23-15/h9-10,12H,2-8H2,1H3,(H,17,22). The monoisotopic (exact) mass is 315 g/mol. The van der Waals surface area contributed by atoms with Crippen molar-refractivity contribution in [2.45, 2.75) is 51.6 Å². The van der Waals surface area contributed by atoms with Crippen LogP contribution in [0.5, 0.6) is 5.88 Å². The zero-order chi connectivity index (χ0) is 15.8. The van der Waals surface area contributed by atoms with Crippen LogP contribution in [0.25, 0.3) is 0 Å². The highest BCUT2D eigenvalue weighted by Crippen LogP contribution is 2.32. The second-order valence-corrected chi connectivity index (χ2v) is 6.30. The first-order chi connectivity index (χ1) is 11.2. The molecule has 0 saturated heterocycles. The number of amides is 1. The molecule has 0 atom stereocenters. The summed E-state index contributed by atoms with van der Waals surface area (Å²) >= 11 is 0. The summed E-state index contributed by atoms with van der Waals surface area (Å²) in [6, 6.07) is 4.01. The van der Waals surface area contributed by atoms with E-state index in [-0.39, 0.29) is 5.91 Å². The van der Waals surface area contributed by atoms with Crippen molar-refractivity contribution in [1.29, 1.82) is 0 Å². The summed E-state index contributed by atoms with van der Waals surface area (Å²) in [6.45, 7) is 3.42. The fourth-order valence-electron chi connectivity index (χ4n) is 3.40. The third-order valence-corrected chi connectivity index (χ3v) is 4.51. The highest BCUT2D eigenvalue weighted by atomic mass is 16.5. The zero-order valence-electron chi connectivity index (χ0n) is 13.3. The van der Waals surface area contributed by atoms with E-state index in [2.05, 4.69) is 15.5 Å². The predicted molar refractivity (Wildman–Crippen MR) is 84.8 cm³/mol. The molecule has 122 valence electrons. The van der Waals surface area contributed by atoms with E-state index in [0.29, 0.717) is 24.2 Å². The van der Waals surface area contributed by atoms with Gasteiger partial charge in [-0.15, -0.1) is 0 Å². The fourth-order valence-corrected chi connectivity index (χ4v) is 3.40. The van der Waals surface area contributed by atoms with Gasteiger partial charge in [0.25, 0.3) is 5.91 Å². The molecule has 2 aromatic rings. The van der Waals surface area contributed by atoms with Gasteiger partial charge in [0.2, 0.25) is 5.88 Å². The molecule has 1 aliphatic heterocycles. The first-order valence-corrected chi connectivity index (χ1v) is 8.29. The first kappa shape index (κ1) is 14.3. The van der Waals surface area contributed by atoms with Gasteiger partial charge in [-0.05, 0) is 19.8 Å². The quantitative estimate of drug-likeness (QED) is 0.944. The van der Waals surface area contributed by atoms with Crippen molar-refractivity contribution < 1.29 is 9.53 Å². The minimum atomic E-state index is -0.213. The molecule has 23 heavy (non-hydrogen) atoms. The maximum atomic E-state index is 12.5. The Balaban J connectivity index is 1.55. The van der Waals surface area contributed by atoms with Crippen LogP contribution >= 0.6 is 0 Å². The number of nitrogens with zero attached hydrogens (tertiary/aromatic N) is 4. The number of ether oxygens (including phenoxy) is 1. The number of anilines is 1. The third-order valence-electron chi connectivity index (χ3n) is 4.51. The molecular weight excluding hydrogens is 294 g/mol. The van der Waals surface area contributed by atoms with E-state index >= 15 is 0 Å². The summed E-state index contributed by atoms with van der Waals surface area (Å²) < 4.78 is 9.23. The largest absolute Gasteiger partial charge is 0.478 e. The highest BCUT2D eigenvalue weighted by Gasteiger charge is 2.23. The second kappa shape index (κ2) is 5.72. The molecule has 1 saturated carbocycles. The number of carbonyl (C=O) groups is 1. The van der Waals surface area contributed by atoms with Crippen LogP contribution in [0.3, 0.4) is 0 Å². The lowest BCUT2D eigenvalue weighted by molar-refractivity contribution is 0.102. The van der Waals surface area contributed by atoms with Crippen molar-refractivity contribution in [2.24, 2.45) is 0 Å². The summed E-state index contributed by atoms with van der Waals surface area (Å²) in [5, 5.41) is 11.9. The Bertz CT molecular complexity index is 703. The van der Waals surface area contributed by atoms with Gasteiger partial charge in [-0.3, -0.25) is 4.79 Å². The highest BCUT2D eigenvalue weighted by molar-refractivity contribution is 6.02. The van der Waals surface area contributed by atoms with Gasteiger partial charge in [-0.25, -0.2) is 9.36 Å². The van der Waals surface area contributed by atoms with Crippen LogP contribution in [-0.2, 0) is 6.54 Å². The van der Waals surface area contributed by atoms with Gasteiger partial charge >= 0.3 is 0 Å². The number of rotatable bonds is 3. The molecule has 0 radical (unpaired) electrons. The molecular formula is C16H21N5O2. The Morgan fingerprint density at radius 2 is 2.09 bits per heavy atom. The third kappa shape index (κ3) is 2.71. The lowest BCUT2D eigenvalue weighted by Crippen LogP contribution is -2.19. The SMILES string of the molecule is Cc1cc(NC(=O)c2cc3n(n2)CCCO3)n(C2CCCC2)n1. The molecule has 4 rings (SSSR count). The number of aryl methyl sites for hydroxylation is 2. The molecule has 2 aromatic heterocycles. The summed E-state index contributed by atoms with van der Waals surface area (Å²) in [7, 11) is 0. The predicted octanol–water partition coefficient (Wildman–Crippen LogP) is 2.54. The lowest BCUT2D eigenvalue weighted by atomic mass is 10.2. The molecule has 2 aliphatic rings. The smallest absolute Gasteiger partial charge is 0.277 e. The van der Waals surface area contributed by atoms with Crippen molar-refractivity contribution in [3.63, 3.8) is 0 Å². The first-order valence-electron chi connectivity index (χ1n) is 8.29. The van der Waals surface area contributed by atoms with Crippen LogP contribution in [0.2, 0.25) is 0 Å². The minimum absolute atomic E-state index is 0.213. The fraction of sp³-hybridized carbons (Fsp3) is 0.562. The van der Waals surface area contributed by atoms with Crippen LogP contribution in [0.4, 0.5) is 5.82 Å². The molecule has 7 nitrogen and oxygen atoms in total. The summed E-state index contributed by atoms with van der Waals surface area (Å²) in [5.74, 6) is 1.21. The topological polar surface area (TPSA) is 74.0 Å². The van der Waals surface area contributed by atoms with Crippen LogP contribution in [0, 0.1) is 6.92 Å². The molecule has 0 unspecified atom stereocenters. The summed E-state index contributed by atoms with van der Waals surface area (Å²) in [6.07, 6.45) is 5.61. The van der Waals surface area contributed by atoms with Crippen molar-refractivity contribution in [2.75, 3.05) is 11.9 Å². The molecule has 0 spiro atoms. The van der Waals surface area contributed by atoms with Crippen molar-refractivity contribution >= 4 is 11.7 Å². The Labute approximate surface area is 134 Å². The number of fused-ring (bicyclic) bond motifs is 1. The van der Waals surface area contributed by atoms with Gasteiger partial charge in [0.05, 0.1) is 18.3 Å². The van der Waals surface area contributed by atoms with Gasteiger partial charge < -0.3 is 10.1 Å². The molecule has 0 aromatic carbocycles. The number of aromatic nitrogens is 4. The van der Waals surface area contributed by atoms with E-state index in [4.69, 9.17) is 4.74 Å². The van der Waals surface area contributed by atoms with E-state index in [9.17, 15) is 4.79 Å². The molecule has 3 heterocycles. The Morgan fingerprint density at radius 3 is 2.87 bits per heavy atom. The Kier molecular flexibility index (Phi) is 3.55. The number of hydrogen-bond donors (Lipinski definition) is 1. The van der Waals surface area contributed by atoms with Crippen molar-refractivity contribution in [3.8, 4) is 5.88 Å². The van der Waals surface area contributed by atoms with Gasteiger partial charge in [0.1, 0.15) is 5.82 Å². The Morgan fingerprint density at radius 1 is 1.26 bits per heavy atom. The molecule has 1 N–H and O–H groups in total. The van der Waals surface area contributed by atoms with Gasteiger partial charge in [-0.1, -0.05) is 12.8 Å². The second-order valence-electron chi connectivity index (χ2n) is 6.30. The van der Waals surface area contributed by atoms with E-state index in [1.807, 2.05) is 17.7 Å². The van der Waals surface area contributed by atoms with Gasteiger partial charge in [0, 0.05) is 25.1 Å². The molecule has 1 fully saturated rings. The van der Waals surface area contributed by atoms with E-state index in [1.165, 1.54) is 12.8 Å². The normalized spacial score (nSPS) is 17.8. The molecule has 1 amide bonds. The summed E-state index contributed by atoms with van der Waals surface area (Å²) in [5.41, 5.74) is 1.30. The number of hydrogen-bond acceptors (Lipinski definition) is 4. The van der Waals surface area contributed by atoms with Gasteiger partial charge in [-0.2, -0.15) is 10.2 Å². The van der Waals surface area contributed by atoms with Crippen LogP contribution in [-0.4, -0.2) is 32.1 Å². The van der Waals surface area contributed by atoms with E-state index in [1.54, 1.807) is 10.7 Å². The maximum absolute atomic E-state index is 12.5. The van der Waals surface area contributed by atoms with Gasteiger partial charge in [0.15, 0.2) is 5.69 Å². The molecule has 7 heteroatoms. The van der Waals surface area contributed by atoms with Crippen LogP contribution in [0.15, 0.2) is 12.1 Å². The van der Waals surface area contributed by atoms with E-state index in [0.717, 1.165) is 37.3 Å².